The molecule has 32 heavy (non-hydrogen) atoms. The number of rotatable bonds is 4. The molecule has 3 aromatic rings. The number of hydrogen-bond acceptors (Lipinski definition) is 5. The highest BCUT2D eigenvalue weighted by atomic mass is 32.2. The normalized spacial score (nSPS) is 17.2. The van der Waals surface area contributed by atoms with Crippen molar-refractivity contribution < 1.29 is 22.0 Å². The molecule has 0 spiro atoms. The second-order valence-electron chi connectivity index (χ2n) is 7.69. The first kappa shape index (κ1) is 22.3. The van der Waals surface area contributed by atoms with E-state index in [1.54, 1.807) is 29.2 Å². The van der Waals surface area contributed by atoms with Crippen LogP contribution in [0.3, 0.4) is 0 Å². The van der Waals surface area contributed by atoms with Crippen LogP contribution in [-0.2, 0) is 10.0 Å². The molecular formula is C21H20F2N4O3S2. The monoisotopic (exact) mass is 478 g/mol. The molecule has 2 aromatic carbocycles. The van der Waals surface area contributed by atoms with Gasteiger partial charge in [0.15, 0.2) is 9.34 Å². The third-order valence-corrected chi connectivity index (χ3v) is 7.83. The predicted molar refractivity (Wildman–Crippen MR) is 119 cm³/mol. The van der Waals surface area contributed by atoms with Crippen molar-refractivity contribution in [1.82, 2.24) is 4.98 Å². The van der Waals surface area contributed by atoms with E-state index in [1.807, 2.05) is 6.92 Å². The third-order valence-electron chi connectivity index (χ3n) is 5.10. The Morgan fingerprint density at radius 3 is 2.38 bits per heavy atom. The van der Waals surface area contributed by atoms with Crippen molar-refractivity contribution in [2.45, 2.75) is 18.1 Å². The first-order chi connectivity index (χ1) is 15.0. The number of nitrogens with two attached hydrogens (primary N) is 1. The average molecular weight is 479 g/mol. The maximum Gasteiger partial charge on any atom is 0.330 e. The summed E-state index contributed by atoms with van der Waals surface area (Å²) in [4.78, 5) is 20.5. The predicted octanol–water partition coefficient (Wildman–Crippen LogP) is 4.13. The molecule has 1 atom stereocenters. The summed E-state index contributed by atoms with van der Waals surface area (Å²) in [6, 6.07) is 9.45. The Hall–Kier alpha value is -2.89. The number of aryl methyl sites for hydroxylation is 1. The zero-order valence-electron chi connectivity index (χ0n) is 17.2. The minimum atomic E-state index is -3.94. The number of urea groups is 1. The fourth-order valence-electron chi connectivity index (χ4n) is 3.65. The van der Waals surface area contributed by atoms with E-state index in [4.69, 9.17) is 5.14 Å². The highest BCUT2D eigenvalue weighted by Gasteiger charge is 2.34. The summed E-state index contributed by atoms with van der Waals surface area (Å²) >= 11 is 0.856. The standard InChI is InChI=1S/C21H20F2N4O3S2/c1-12-10-26(16-6-3-14(4-7-16)17-9-15(22)5-8-18(17)23)21(28)27(11-12)20-25-13(2)19(31-20)32(24,29)30/h3-9,12H,10-11H2,1-2H3,(H2,24,29,30)/t12-/m1/s1. The van der Waals surface area contributed by atoms with Gasteiger partial charge in [0.25, 0.3) is 0 Å². The second-order valence-corrected chi connectivity index (χ2v) is 10.4. The Morgan fingerprint density at radius 2 is 1.75 bits per heavy atom. The number of carbonyl (C=O) groups is 1. The maximum atomic E-state index is 14.1. The topological polar surface area (TPSA) is 96.6 Å². The molecule has 1 saturated heterocycles. The lowest BCUT2D eigenvalue weighted by Crippen LogP contribution is -2.53. The number of aromatic nitrogens is 1. The summed E-state index contributed by atoms with van der Waals surface area (Å²) in [6.45, 7) is 4.30. The van der Waals surface area contributed by atoms with Gasteiger partial charge < -0.3 is 0 Å². The fraction of sp³-hybridized carbons (Fsp3) is 0.238. The molecule has 1 fully saturated rings. The van der Waals surface area contributed by atoms with Gasteiger partial charge in [0, 0.05) is 24.3 Å². The van der Waals surface area contributed by atoms with Crippen molar-refractivity contribution in [2.24, 2.45) is 11.1 Å². The first-order valence-electron chi connectivity index (χ1n) is 9.69. The Kier molecular flexibility index (Phi) is 5.74. The smallest absolute Gasteiger partial charge is 0.294 e. The van der Waals surface area contributed by atoms with E-state index in [0.29, 0.717) is 24.3 Å². The number of hydrogen-bond donors (Lipinski definition) is 1. The number of anilines is 2. The largest absolute Gasteiger partial charge is 0.330 e. The number of halogens is 2. The van der Waals surface area contributed by atoms with Crippen LogP contribution in [0.4, 0.5) is 24.4 Å². The second kappa shape index (κ2) is 8.23. The van der Waals surface area contributed by atoms with Gasteiger partial charge in [-0.2, -0.15) is 0 Å². The van der Waals surface area contributed by atoms with Crippen LogP contribution in [0.2, 0.25) is 0 Å². The number of primary sulfonamides is 1. The van der Waals surface area contributed by atoms with Crippen LogP contribution in [0.1, 0.15) is 12.6 Å². The summed E-state index contributed by atoms with van der Waals surface area (Å²) < 4.78 is 51.1. The third kappa shape index (κ3) is 4.23. The van der Waals surface area contributed by atoms with Crippen LogP contribution in [0.5, 0.6) is 0 Å². The molecule has 2 N–H and O–H groups in total. The van der Waals surface area contributed by atoms with Crippen molar-refractivity contribution in [2.75, 3.05) is 22.9 Å². The quantitative estimate of drug-likeness (QED) is 0.610. The number of amides is 2. The lowest BCUT2D eigenvalue weighted by atomic mass is 10.0. The summed E-state index contributed by atoms with van der Waals surface area (Å²) in [5.74, 6) is -1.02. The van der Waals surface area contributed by atoms with Crippen LogP contribution in [-0.4, -0.2) is 32.5 Å². The van der Waals surface area contributed by atoms with E-state index >= 15 is 0 Å². The van der Waals surface area contributed by atoms with Crippen LogP contribution in [0, 0.1) is 24.5 Å². The van der Waals surface area contributed by atoms with Gasteiger partial charge in [0.05, 0.1) is 5.69 Å². The van der Waals surface area contributed by atoms with Crippen LogP contribution >= 0.6 is 11.3 Å². The molecular weight excluding hydrogens is 458 g/mol. The van der Waals surface area contributed by atoms with Gasteiger partial charge in [-0.1, -0.05) is 30.4 Å². The van der Waals surface area contributed by atoms with E-state index in [0.717, 1.165) is 29.5 Å². The lowest BCUT2D eigenvalue weighted by Gasteiger charge is -2.37. The molecule has 1 aromatic heterocycles. The van der Waals surface area contributed by atoms with Crippen LogP contribution < -0.4 is 14.9 Å². The number of carbonyl (C=O) groups excluding carboxylic acids is 1. The molecule has 1 aliphatic rings. The van der Waals surface area contributed by atoms with Crippen molar-refractivity contribution >= 4 is 38.2 Å². The van der Waals surface area contributed by atoms with Gasteiger partial charge in [-0.25, -0.2) is 32.1 Å². The van der Waals surface area contributed by atoms with E-state index in [-0.39, 0.29) is 32.5 Å². The molecule has 1 aliphatic heterocycles. The molecule has 0 radical (unpaired) electrons. The van der Waals surface area contributed by atoms with Crippen molar-refractivity contribution in [1.29, 1.82) is 0 Å². The number of thiazole rings is 1. The van der Waals surface area contributed by atoms with Gasteiger partial charge in [0.2, 0.25) is 10.0 Å². The number of benzene rings is 2. The zero-order valence-corrected chi connectivity index (χ0v) is 18.9. The highest BCUT2D eigenvalue weighted by molar-refractivity contribution is 7.91. The van der Waals surface area contributed by atoms with Gasteiger partial charge >= 0.3 is 6.03 Å². The Labute approximate surface area is 188 Å². The molecule has 7 nitrogen and oxygen atoms in total. The molecule has 168 valence electrons. The van der Waals surface area contributed by atoms with E-state index in [1.165, 1.54) is 11.8 Å². The fourth-order valence-corrected chi connectivity index (χ4v) is 5.60. The van der Waals surface area contributed by atoms with Crippen LogP contribution in [0.25, 0.3) is 11.1 Å². The molecule has 0 bridgehead atoms. The SMILES string of the molecule is Cc1nc(N2C[C@H](C)CN(c3ccc(-c4cc(F)ccc4F)cc3)C2=O)sc1S(N)(=O)=O. The number of sulfonamides is 1. The average Bonchev–Trinajstić information content (AvgIpc) is 3.13. The van der Waals surface area contributed by atoms with Gasteiger partial charge in [-0.15, -0.1) is 0 Å². The van der Waals surface area contributed by atoms with Gasteiger partial charge in [-0.05, 0) is 48.7 Å². The molecule has 0 unspecified atom stereocenters. The molecule has 11 heteroatoms. The Balaban J connectivity index is 1.64. The molecule has 0 saturated carbocycles. The molecule has 2 amide bonds. The van der Waals surface area contributed by atoms with Gasteiger partial charge in [0.1, 0.15) is 11.6 Å². The molecule has 4 rings (SSSR count). The van der Waals surface area contributed by atoms with Gasteiger partial charge in [-0.3, -0.25) is 9.80 Å². The molecule has 2 heterocycles. The Bertz CT molecular complexity index is 1290. The zero-order chi connectivity index (χ0) is 23.2. The van der Waals surface area contributed by atoms with E-state index < -0.39 is 21.7 Å². The summed E-state index contributed by atoms with van der Waals surface area (Å²) in [5, 5.41) is 5.50. The summed E-state index contributed by atoms with van der Waals surface area (Å²) in [5.41, 5.74) is 1.43. The molecule has 0 aliphatic carbocycles. The van der Waals surface area contributed by atoms with Crippen molar-refractivity contribution in [3.8, 4) is 11.1 Å². The van der Waals surface area contributed by atoms with Crippen molar-refractivity contribution in [3.63, 3.8) is 0 Å². The maximum absolute atomic E-state index is 14.1. The minimum absolute atomic E-state index is 0.0650. The number of nitrogens with zero attached hydrogens (tertiary/aromatic N) is 3. The minimum Gasteiger partial charge on any atom is -0.294 e. The summed E-state index contributed by atoms with van der Waals surface area (Å²) in [7, 11) is -3.94. The van der Waals surface area contributed by atoms with E-state index in [2.05, 4.69) is 4.98 Å². The highest BCUT2D eigenvalue weighted by Crippen LogP contribution is 2.34. The van der Waals surface area contributed by atoms with Crippen LogP contribution in [0.15, 0.2) is 46.7 Å². The summed E-state index contributed by atoms with van der Waals surface area (Å²) in [6.07, 6.45) is 0. The first-order valence-corrected chi connectivity index (χ1v) is 12.1. The Morgan fingerprint density at radius 1 is 1.09 bits per heavy atom. The lowest BCUT2D eigenvalue weighted by molar-refractivity contribution is 0.245. The van der Waals surface area contributed by atoms with Crippen molar-refractivity contribution in [3.05, 3.63) is 59.8 Å². The van der Waals surface area contributed by atoms with E-state index in [9.17, 15) is 22.0 Å².